The van der Waals surface area contributed by atoms with Crippen molar-refractivity contribution >= 4 is 29.1 Å². The van der Waals surface area contributed by atoms with Gasteiger partial charge in [0.15, 0.2) is 0 Å². The molecule has 1 aromatic carbocycles. The number of hydrogen-bond donors (Lipinski definition) is 2. The molecule has 25 heavy (non-hydrogen) atoms. The third kappa shape index (κ3) is 5.33. The molecule has 5 heteroatoms. The summed E-state index contributed by atoms with van der Waals surface area (Å²) < 4.78 is 0. The van der Waals surface area contributed by atoms with Gasteiger partial charge in [0.2, 0.25) is 11.8 Å². The van der Waals surface area contributed by atoms with Crippen LogP contribution in [0.15, 0.2) is 29.8 Å². The van der Waals surface area contributed by atoms with Gasteiger partial charge < -0.3 is 10.6 Å². The van der Waals surface area contributed by atoms with Crippen molar-refractivity contribution in [2.45, 2.75) is 52.9 Å². The van der Waals surface area contributed by atoms with Crippen LogP contribution >= 0.6 is 11.6 Å². The van der Waals surface area contributed by atoms with E-state index in [-0.39, 0.29) is 11.8 Å². The summed E-state index contributed by atoms with van der Waals surface area (Å²) in [4.78, 5) is 25.1. The molecule has 0 fully saturated rings. The zero-order chi connectivity index (χ0) is 18.4. The second kappa shape index (κ2) is 8.52. The Balaban J connectivity index is 1.91. The Morgan fingerprint density at radius 2 is 1.96 bits per heavy atom. The minimum Gasteiger partial charge on any atom is -0.355 e. The number of allylic oxidation sites excluding steroid dienone is 1. The van der Waals surface area contributed by atoms with Gasteiger partial charge >= 0.3 is 0 Å². The van der Waals surface area contributed by atoms with Gasteiger partial charge in [0.25, 0.3) is 0 Å². The Bertz CT molecular complexity index is 680. The first-order valence-electron chi connectivity index (χ1n) is 8.84. The van der Waals surface area contributed by atoms with Crippen LogP contribution in [0.25, 0.3) is 0 Å². The predicted octanol–water partition coefficient (Wildman–Crippen LogP) is 4.62. The number of amides is 2. The zero-order valence-electron chi connectivity index (χ0n) is 15.2. The average molecular weight is 363 g/mol. The third-order valence-corrected chi connectivity index (χ3v) is 4.93. The lowest BCUT2D eigenvalue weighted by Gasteiger charge is -2.23. The van der Waals surface area contributed by atoms with E-state index in [0.717, 1.165) is 24.8 Å². The highest BCUT2D eigenvalue weighted by atomic mass is 35.5. The Kier molecular flexibility index (Phi) is 6.65. The molecule has 2 amide bonds. The van der Waals surface area contributed by atoms with Crippen LogP contribution in [0.1, 0.15) is 51.5 Å². The minimum atomic E-state index is -1.16. The molecular formula is C20H27ClN2O2. The molecule has 0 bridgehead atoms. The van der Waals surface area contributed by atoms with Crippen LogP contribution in [0.4, 0.5) is 5.69 Å². The fraction of sp³-hybridized carbons (Fsp3) is 0.500. The van der Waals surface area contributed by atoms with Crippen molar-refractivity contribution in [3.8, 4) is 0 Å². The van der Waals surface area contributed by atoms with E-state index >= 15 is 0 Å². The molecule has 0 radical (unpaired) electrons. The van der Waals surface area contributed by atoms with E-state index in [9.17, 15) is 9.59 Å². The second-order valence-corrected chi connectivity index (χ2v) is 7.59. The number of benzene rings is 1. The molecule has 1 aromatic rings. The molecule has 0 heterocycles. The van der Waals surface area contributed by atoms with Crippen molar-refractivity contribution in [2.75, 3.05) is 11.9 Å². The zero-order valence-corrected chi connectivity index (χ0v) is 16.0. The van der Waals surface area contributed by atoms with Crippen molar-refractivity contribution in [1.29, 1.82) is 0 Å². The van der Waals surface area contributed by atoms with E-state index in [0.29, 0.717) is 17.3 Å². The molecular weight excluding hydrogens is 336 g/mol. The molecule has 0 saturated carbocycles. The molecule has 136 valence electrons. The number of aryl methyl sites for hydroxylation is 1. The van der Waals surface area contributed by atoms with Crippen LogP contribution in [0, 0.1) is 12.3 Å². The fourth-order valence-corrected chi connectivity index (χ4v) is 2.97. The third-order valence-electron chi connectivity index (χ3n) is 4.70. The SMILES string of the molecule is Cc1ccc(Cl)cc1NC(=O)C(C)(C)C(=O)NCCC1=CCCCC1. The standard InChI is InChI=1S/C20H27ClN2O2/c1-14-9-10-16(21)13-17(14)23-19(25)20(2,3)18(24)22-12-11-15-7-5-4-6-8-15/h7,9-10,13H,4-6,8,11-12H2,1-3H3,(H,22,24)(H,23,25). The number of carbonyl (C=O) groups excluding carboxylic acids is 2. The van der Waals surface area contributed by atoms with Crippen LogP contribution in [-0.2, 0) is 9.59 Å². The summed E-state index contributed by atoms with van der Waals surface area (Å²) in [6.07, 6.45) is 7.87. The van der Waals surface area contributed by atoms with Gasteiger partial charge in [-0.1, -0.05) is 29.3 Å². The highest BCUT2D eigenvalue weighted by Crippen LogP contribution is 2.24. The number of nitrogens with one attached hydrogen (secondary N) is 2. The lowest BCUT2D eigenvalue weighted by Crippen LogP contribution is -2.45. The molecule has 1 aliphatic rings. The number of anilines is 1. The summed E-state index contributed by atoms with van der Waals surface area (Å²) in [6, 6.07) is 5.30. The topological polar surface area (TPSA) is 58.2 Å². The number of rotatable bonds is 6. The number of carbonyl (C=O) groups is 2. The first kappa shape index (κ1) is 19.5. The van der Waals surface area contributed by atoms with E-state index in [1.807, 2.05) is 13.0 Å². The molecule has 0 spiro atoms. The molecule has 0 atom stereocenters. The van der Waals surface area contributed by atoms with Crippen LogP contribution in [0.2, 0.25) is 5.02 Å². The number of halogens is 1. The van der Waals surface area contributed by atoms with Gasteiger partial charge in [-0.15, -0.1) is 0 Å². The minimum absolute atomic E-state index is 0.263. The fourth-order valence-electron chi connectivity index (χ4n) is 2.80. The summed E-state index contributed by atoms with van der Waals surface area (Å²) >= 11 is 5.98. The van der Waals surface area contributed by atoms with Gasteiger partial charge in [-0.2, -0.15) is 0 Å². The Morgan fingerprint density at radius 3 is 2.64 bits per heavy atom. The Hall–Kier alpha value is -1.81. The molecule has 0 aromatic heterocycles. The van der Waals surface area contributed by atoms with E-state index in [1.165, 1.54) is 18.4 Å². The highest BCUT2D eigenvalue weighted by molar-refractivity contribution is 6.31. The molecule has 1 aliphatic carbocycles. The van der Waals surface area contributed by atoms with Crippen molar-refractivity contribution in [1.82, 2.24) is 5.32 Å². The highest BCUT2D eigenvalue weighted by Gasteiger charge is 2.36. The summed E-state index contributed by atoms with van der Waals surface area (Å²) in [5.41, 5.74) is 1.78. The van der Waals surface area contributed by atoms with Crippen molar-refractivity contribution in [2.24, 2.45) is 5.41 Å². The van der Waals surface area contributed by atoms with E-state index in [2.05, 4.69) is 16.7 Å². The van der Waals surface area contributed by atoms with Crippen LogP contribution in [-0.4, -0.2) is 18.4 Å². The molecule has 2 N–H and O–H groups in total. The maximum absolute atomic E-state index is 12.6. The van der Waals surface area contributed by atoms with Gasteiger partial charge in [-0.3, -0.25) is 9.59 Å². The van der Waals surface area contributed by atoms with Crippen molar-refractivity contribution in [3.63, 3.8) is 0 Å². The number of hydrogen-bond acceptors (Lipinski definition) is 2. The largest absolute Gasteiger partial charge is 0.355 e. The lowest BCUT2D eigenvalue weighted by molar-refractivity contribution is -0.138. The summed E-state index contributed by atoms with van der Waals surface area (Å²) in [7, 11) is 0. The average Bonchev–Trinajstić information content (AvgIpc) is 2.58. The van der Waals surface area contributed by atoms with Gasteiger partial charge in [0.05, 0.1) is 0 Å². The van der Waals surface area contributed by atoms with Crippen molar-refractivity contribution in [3.05, 3.63) is 40.4 Å². The molecule has 0 aliphatic heterocycles. The summed E-state index contributed by atoms with van der Waals surface area (Å²) in [5.74, 6) is -0.603. The molecule has 0 saturated heterocycles. The smallest absolute Gasteiger partial charge is 0.239 e. The summed E-state index contributed by atoms with van der Waals surface area (Å²) in [6.45, 7) is 5.73. The molecule has 2 rings (SSSR count). The van der Waals surface area contributed by atoms with E-state index in [4.69, 9.17) is 11.6 Å². The van der Waals surface area contributed by atoms with Crippen LogP contribution < -0.4 is 10.6 Å². The maximum atomic E-state index is 12.6. The van der Waals surface area contributed by atoms with Crippen molar-refractivity contribution < 1.29 is 9.59 Å². The van der Waals surface area contributed by atoms with Gasteiger partial charge in [-0.05, 0) is 70.6 Å². The van der Waals surface area contributed by atoms with Gasteiger partial charge in [0, 0.05) is 17.3 Å². The lowest BCUT2D eigenvalue weighted by atomic mass is 9.90. The Morgan fingerprint density at radius 1 is 1.20 bits per heavy atom. The molecule has 0 unspecified atom stereocenters. The summed E-state index contributed by atoms with van der Waals surface area (Å²) in [5, 5.41) is 6.26. The molecule has 4 nitrogen and oxygen atoms in total. The van der Waals surface area contributed by atoms with E-state index in [1.54, 1.807) is 26.0 Å². The predicted molar refractivity (Wildman–Crippen MR) is 103 cm³/mol. The normalized spacial score (nSPS) is 14.6. The first-order chi connectivity index (χ1) is 11.8. The first-order valence-corrected chi connectivity index (χ1v) is 9.22. The van der Waals surface area contributed by atoms with Gasteiger partial charge in [-0.25, -0.2) is 0 Å². The van der Waals surface area contributed by atoms with E-state index < -0.39 is 5.41 Å². The van der Waals surface area contributed by atoms with Gasteiger partial charge in [0.1, 0.15) is 5.41 Å². The van der Waals surface area contributed by atoms with Crippen LogP contribution in [0.3, 0.4) is 0 Å². The Labute approximate surface area is 155 Å². The quantitative estimate of drug-likeness (QED) is 0.573. The van der Waals surface area contributed by atoms with Crippen LogP contribution in [0.5, 0.6) is 0 Å². The monoisotopic (exact) mass is 362 g/mol. The maximum Gasteiger partial charge on any atom is 0.239 e. The second-order valence-electron chi connectivity index (χ2n) is 7.15.